The summed E-state index contributed by atoms with van der Waals surface area (Å²) in [7, 11) is 0. The van der Waals surface area contributed by atoms with E-state index >= 15 is 0 Å². The Balaban J connectivity index is 3.17. The number of rotatable bonds is 8. The number of carbonyl (C=O) groups is 1. The van der Waals surface area contributed by atoms with Gasteiger partial charge in [0, 0.05) is 4.83 Å². The highest BCUT2D eigenvalue weighted by atomic mass is 79.9. The lowest BCUT2D eigenvalue weighted by Crippen LogP contribution is -2.06. The summed E-state index contributed by atoms with van der Waals surface area (Å²) in [5.41, 5.74) is 0. The number of hydrogen-bond acceptors (Lipinski definition) is 1. The highest BCUT2D eigenvalue weighted by molar-refractivity contribution is 9.09. The summed E-state index contributed by atoms with van der Waals surface area (Å²) in [5.74, 6) is -0.713. The lowest BCUT2D eigenvalue weighted by atomic mass is 10.1. The van der Waals surface area contributed by atoms with Crippen molar-refractivity contribution >= 4 is 21.9 Å². The highest BCUT2D eigenvalue weighted by Gasteiger charge is 2.08. The molecule has 0 aromatic rings. The van der Waals surface area contributed by atoms with Crippen LogP contribution in [0.3, 0.4) is 0 Å². The summed E-state index contributed by atoms with van der Waals surface area (Å²) in [6.45, 7) is 2.19. The van der Waals surface area contributed by atoms with Crippen molar-refractivity contribution in [3.05, 3.63) is 0 Å². The molecule has 0 aliphatic carbocycles. The lowest BCUT2D eigenvalue weighted by Gasteiger charge is -2.05. The average molecular weight is 251 g/mol. The van der Waals surface area contributed by atoms with Gasteiger partial charge in [0.05, 0.1) is 6.42 Å². The van der Waals surface area contributed by atoms with Crippen LogP contribution in [0.1, 0.15) is 51.9 Å². The van der Waals surface area contributed by atoms with E-state index in [2.05, 4.69) is 22.9 Å². The van der Waals surface area contributed by atoms with Crippen molar-refractivity contribution in [2.75, 3.05) is 0 Å². The van der Waals surface area contributed by atoms with Gasteiger partial charge < -0.3 is 5.11 Å². The van der Waals surface area contributed by atoms with Gasteiger partial charge in [0.1, 0.15) is 0 Å². The average Bonchev–Trinajstić information content (AvgIpc) is 2.02. The fourth-order valence-electron chi connectivity index (χ4n) is 1.26. The lowest BCUT2D eigenvalue weighted by molar-refractivity contribution is -0.136. The van der Waals surface area contributed by atoms with E-state index in [1.54, 1.807) is 0 Å². The van der Waals surface area contributed by atoms with E-state index in [1.807, 2.05) is 0 Å². The van der Waals surface area contributed by atoms with Crippen molar-refractivity contribution in [3.8, 4) is 0 Å². The van der Waals surface area contributed by atoms with Crippen LogP contribution in [0.25, 0.3) is 0 Å². The summed E-state index contributed by atoms with van der Waals surface area (Å²) >= 11 is 3.37. The third-order valence-corrected chi connectivity index (χ3v) is 2.80. The van der Waals surface area contributed by atoms with E-state index in [1.165, 1.54) is 25.7 Å². The summed E-state index contributed by atoms with van der Waals surface area (Å²) in [6, 6.07) is 0. The Labute approximate surface area is 88.8 Å². The summed E-state index contributed by atoms with van der Waals surface area (Å²) in [5, 5.41) is 8.49. The normalized spacial score (nSPS) is 12.8. The number of unbranched alkanes of at least 4 members (excludes halogenated alkanes) is 4. The molecule has 0 rings (SSSR count). The Morgan fingerprint density at radius 2 is 1.92 bits per heavy atom. The monoisotopic (exact) mass is 250 g/mol. The molecule has 0 aromatic carbocycles. The zero-order chi connectivity index (χ0) is 10.1. The molecular weight excluding hydrogens is 232 g/mol. The van der Waals surface area contributed by atoms with Gasteiger partial charge in [-0.25, -0.2) is 0 Å². The minimum Gasteiger partial charge on any atom is -0.481 e. The third kappa shape index (κ3) is 9.87. The van der Waals surface area contributed by atoms with Gasteiger partial charge in [-0.1, -0.05) is 55.0 Å². The quantitative estimate of drug-likeness (QED) is 0.528. The number of carboxylic acid groups (broad SMARTS) is 1. The largest absolute Gasteiger partial charge is 0.481 e. The minimum atomic E-state index is -0.713. The smallest absolute Gasteiger partial charge is 0.304 e. The molecule has 1 unspecified atom stereocenters. The van der Waals surface area contributed by atoms with E-state index in [9.17, 15) is 4.79 Å². The maximum Gasteiger partial charge on any atom is 0.304 e. The molecule has 1 atom stereocenters. The van der Waals surface area contributed by atoms with E-state index in [4.69, 9.17) is 5.11 Å². The molecular formula is C10H19BrO2. The Morgan fingerprint density at radius 1 is 1.31 bits per heavy atom. The molecule has 2 nitrogen and oxygen atoms in total. The second-order valence-electron chi connectivity index (χ2n) is 3.40. The highest BCUT2D eigenvalue weighted by Crippen LogP contribution is 2.15. The molecule has 0 saturated heterocycles. The number of hydrogen-bond donors (Lipinski definition) is 1. The molecule has 0 aliphatic heterocycles. The Kier molecular flexibility index (Phi) is 8.51. The number of aliphatic carboxylic acids is 1. The van der Waals surface area contributed by atoms with Gasteiger partial charge in [0.2, 0.25) is 0 Å². The molecule has 0 bridgehead atoms. The molecule has 1 N–H and O–H groups in total. The predicted molar refractivity (Wildman–Crippen MR) is 58.3 cm³/mol. The molecule has 78 valence electrons. The van der Waals surface area contributed by atoms with Gasteiger partial charge in [-0.05, 0) is 6.42 Å². The van der Waals surface area contributed by atoms with E-state index in [0.717, 1.165) is 12.8 Å². The van der Waals surface area contributed by atoms with Crippen LogP contribution >= 0.6 is 15.9 Å². The zero-order valence-corrected chi connectivity index (χ0v) is 9.85. The first-order chi connectivity index (χ1) is 6.16. The maximum atomic E-state index is 10.3. The molecule has 0 aromatic heterocycles. The fourth-order valence-corrected chi connectivity index (χ4v) is 1.86. The van der Waals surface area contributed by atoms with Crippen molar-refractivity contribution in [3.63, 3.8) is 0 Å². The van der Waals surface area contributed by atoms with Crippen molar-refractivity contribution in [1.29, 1.82) is 0 Å². The van der Waals surface area contributed by atoms with Crippen molar-refractivity contribution in [2.45, 2.75) is 56.7 Å². The molecule has 0 radical (unpaired) electrons. The molecule has 0 spiro atoms. The van der Waals surface area contributed by atoms with Crippen molar-refractivity contribution in [1.82, 2.24) is 0 Å². The van der Waals surface area contributed by atoms with Crippen LogP contribution in [0, 0.1) is 0 Å². The van der Waals surface area contributed by atoms with Crippen LogP contribution < -0.4 is 0 Å². The standard InChI is InChI=1S/C10H19BrO2/c1-2-3-4-5-6-7-9(11)8-10(12)13/h9H,2-8H2,1H3,(H,12,13). The number of alkyl halides is 1. The third-order valence-electron chi connectivity index (χ3n) is 2.02. The van der Waals surface area contributed by atoms with Crippen molar-refractivity contribution < 1.29 is 9.90 Å². The number of carboxylic acids is 1. The van der Waals surface area contributed by atoms with E-state index < -0.39 is 5.97 Å². The van der Waals surface area contributed by atoms with Gasteiger partial charge in [0.25, 0.3) is 0 Å². The summed E-state index contributed by atoms with van der Waals surface area (Å²) in [4.78, 5) is 10.5. The van der Waals surface area contributed by atoms with Gasteiger partial charge in [-0.15, -0.1) is 0 Å². The molecule has 0 heterocycles. The van der Waals surface area contributed by atoms with Crippen LogP contribution in [0.15, 0.2) is 0 Å². The van der Waals surface area contributed by atoms with E-state index in [0.29, 0.717) is 0 Å². The molecule has 0 fully saturated rings. The predicted octanol–water partition coefficient (Wildman–Crippen LogP) is 3.59. The Hall–Kier alpha value is -0.0500. The van der Waals surface area contributed by atoms with Gasteiger partial charge in [-0.2, -0.15) is 0 Å². The first-order valence-electron chi connectivity index (χ1n) is 5.02. The topological polar surface area (TPSA) is 37.3 Å². The molecule has 0 saturated carbocycles. The van der Waals surface area contributed by atoms with Gasteiger partial charge >= 0.3 is 5.97 Å². The second kappa shape index (κ2) is 8.54. The second-order valence-corrected chi connectivity index (χ2v) is 4.69. The minimum absolute atomic E-state index is 0.159. The van der Waals surface area contributed by atoms with Crippen LogP contribution in [0.5, 0.6) is 0 Å². The molecule has 13 heavy (non-hydrogen) atoms. The van der Waals surface area contributed by atoms with Crippen LogP contribution in [-0.2, 0) is 4.79 Å². The van der Waals surface area contributed by atoms with Crippen LogP contribution in [-0.4, -0.2) is 15.9 Å². The first kappa shape index (κ1) is 12.9. The van der Waals surface area contributed by atoms with Crippen LogP contribution in [0.2, 0.25) is 0 Å². The fraction of sp³-hybridized carbons (Fsp3) is 0.900. The zero-order valence-electron chi connectivity index (χ0n) is 8.26. The first-order valence-corrected chi connectivity index (χ1v) is 5.94. The summed E-state index contributed by atoms with van der Waals surface area (Å²) in [6.07, 6.45) is 7.44. The maximum absolute atomic E-state index is 10.3. The SMILES string of the molecule is CCCCCCCC(Br)CC(=O)O. The summed E-state index contributed by atoms with van der Waals surface area (Å²) < 4.78 is 0. The number of halogens is 1. The molecule has 3 heteroatoms. The Bertz CT molecular complexity index is 137. The van der Waals surface area contributed by atoms with Gasteiger partial charge in [0.15, 0.2) is 0 Å². The van der Waals surface area contributed by atoms with Gasteiger partial charge in [-0.3, -0.25) is 4.79 Å². The van der Waals surface area contributed by atoms with Crippen LogP contribution in [0.4, 0.5) is 0 Å². The molecule has 0 aliphatic rings. The Morgan fingerprint density at radius 3 is 2.46 bits per heavy atom. The molecule has 0 amide bonds. The van der Waals surface area contributed by atoms with E-state index in [-0.39, 0.29) is 11.2 Å². The van der Waals surface area contributed by atoms with Crippen molar-refractivity contribution in [2.24, 2.45) is 0 Å².